The number of hydrogen-bond acceptors (Lipinski definition) is 8. The summed E-state index contributed by atoms with van der Waals surface area (Å²) in [5, 5.41) is 5.50. The lowest BCUT2D eigenvalue weighted by atomic mass is 9.95. The van der Waals surface area contributed by atoms with Gasteiger partial charge >= 0.3 is 6.09 Å². The second-order valence-electron chi connectivity index (χ2n) is 14.7. The average Bonchev–Trinajstić information content (AvgIpc) is 3.62. The number of likely N-dealkylation sites (tertiary alicyclic amines) is 1. The molecular weight excluding hydrogens is 677 g/mol. The minimum atomic E-state index is -0.705. The Kier molecular flexibility index (Phi) is 9.64. The van der Waals surface area contributed by atoms with Crippen LogP contribution in [0.5, 0.6) is 0 Å². The highest BCUT2D eigenvalue weighted by Crippen LogP contribution is 2.51. The molecule has 1 aliphatic carbocycles. The molecule has 2 fully saturated rings. The number of nitrogens with zero attached hydrogens (tertiary/aromatic N) is 5. The fraction of sp³-hybridized carbons (Fsp3) is 0.436. The van der Waals surface area contributed by atoms with E-state index in [0.717, 1.165) is 100 Å². The Balaban J connectivity index is 1.12. The molecule has 13 heteroatoms. The third-order valence-electron chi connectivity index (χ3n) is 10.9. The van der Waals surface area contributed by atoms with Gasteiger partial charge in [0.15, 0.2) is 0 Å². The lowest BCUT2D eigenvalue weighted by Gasteiger charge is -2.37. The van der Waals surface area contributed by atoms with Crippen molar-refractivity contribution in [1.82, 2.24) is 40.0 Å². The van der Waals surface area contributed by atoms with Gasteiger partial charge in [-0.2, -0.15) is 0 Å². The zero-order chi connectivity index (χ0) is 36.6. The van der Waals surface area contributed by atoms with Crippen LogP contribution in [0, 0.1) is 5.92 Å². The Morgan fingerprint density at radius 3 is 2.54 bits per heavy atom. The maximum atomic E-state index is 13.9. The molecule has 12 nitrogen and oxygen atoms in total. The Labute approximate surface area is 307 Å². The number of fused-ring (bicyclic) bond motifs is 1. The number of carbonyl (C=O) groups is 3. The number of rotatable bonds is 13. The molecule has 3 N–H and O–H groups in total. The first-order chi connectivity index (χ1) is 25.1. The van der Waals surface area contributed by atoms with E-state index in [0.29, 0.717) is 13.1 Å². The monoisotopic (exact) mass is 722 g/mol. The van der Waals surface area contributed by atoms with Gasteiger partial charge in [0, 0.05) is 42.9 Å². The number of hydrogen-bond donors (Lipinski definition) is 3. The molecule has 5 aromatic rings. The largest absolute Gasteiger partial charge is 0.453 e. The highest BCUT2D eigenvalue weighted by atomic mass is 32.1. The van der Waals surface area contributed by atoms with Crippen LogP contribution in [-0.4, -0.2) is 74.1 Å². The number of alkyl carbamates (subject to hydrolysis) is 1. The van der Waals surface area contributed by atoms with Gasteiger partial charge in [-0.25, -0.2) is 19.7 Å². The quantitative estimate of drug-likeness (QED) is 0.0925. The number of methoxy groups -OCH3 is 1. The number of H-pyrrole nitrogens is 1. The number of nitrogens with one attached hydrogen (secondary N) is 3. The molecule has 2 aliphatic rings. The number of imidazole rings is 2. The van der Waals surface area contributed by atoms with E-state index >= 15 is 0 Å². The zero-order valence-corrected chi connectivity index (χ0v) is 31.2. The molecule has 2 unspecified atom stereocenters. The van der Waals surface area contributed by atoms with Gasteiger partial charge in [-0.3, -0.25) is 9.59 Å². The zero-order valence-electron chi connectivity index (χ0n) is 30.4. The van der Waals surface area contributed by atoms with Crippen LogP contribution in [0.1, 0.15) is 70.9 Å². The Hall–Kier alpha value is -5.04. The van der Waals surface area contributed by atoms with E-state index in [2.05, 4.69) is 58.9 Å². The predicted octanol–water partition coefficient (Wildman–Crippen LogP) is 6.53. The summed E-state index contributed by atoms with van der Waals surface area (Å²) in [6.07, 6.45) is 9.86. The van der Waals surface area contributed by atoms with Gasteiger partial charge in [0.25, 0.3) is 0 Å². The van der Waals surface area contributed by atoms with E-state index < -0.39 is 17.7 Å². The molecule has 7 rings (SSSR count). The predicted molar refractivity (Wildman–Crippen MR) is 202 cm³/mol. The minimum Gasteiger partial charge on any atom is -0.453 e. The topological polar surface area (TPSA) is 147 Å². The molecular formula is C39H46N8O4S. The molecule has 0 bridgehead atoms. The summed E-state index contributed by atoms with van der Waals surface area (Å²) in [6.45, 7) is 7.18. The minimum absolute atomic E-state index is 0.0980. The van der Waals surface area contributed by atoms with E-state index in [1.165, 1.54) is 7.11 Å². The van der Waals surface area contributed by atoms with Crippen molar-refractivity contribution in [3.63, 3.8) is 0 Å². The second-order valence-corrected chi connectivity index (χ2v) is 15.5. The first-order valence-corrected chi connectivity index (χ1v) is 18.9. The first-order valence-electron chi connectivity index (χ1n) is 18.0. The van der Waals surface area contributed by atoms with Gasteiger partial charge < -0.3 is 29.8 Å². The van der Waals surface area contributed by atoms with E-state index in [9.17, 15) is 14.4 Å². The SMILES string of the molecule is COC(=O)NC(C(=O)N1CCCC1(C)c1nc(-c2ccc(-c3ccc(-c4cnc(C5(CCCNC=O)CC5)[nH]4)cc3)c3ncsc23)cn1C)C(C)C. The van der Waals surface area contributed by atoms with E-state index in [-0.39, 0.29) is 17.2 Å². The highest BCUT2D eigenvalue weighted by Gasteiger charge is 2.47. The van der Waals surface area contributed by atoms with Gasteiger partial charge in [0.1, 0.15) is 17.7 Å². The van der Waals surface area contributed by atoms with Crippen LogP contribution in [0.15, 0.2) is 54.3 Å². The molecule has 4 heterocycles. The maximum Gasteiger partial charge on any atom is 0.407 e. The Bertz CT molecular complexity index is 2100. The molecule has 1 saturated carbocycles. The number of aryl methyl sites for hydroxylation is 1. The summed E-state index contributed by atoms with van der Waals surface area (Å²) >= 11 is 1.59. The van der Waals surface area contributed by atoms with Crippen molar-refractivity contribution in [2.75, 3.05) is 20.2 Å². The highest BCUT2D eigenvalue weighted by molar-refractivity contribution is 7.17. The van der Waals surface area contributed by atoms with Crippen LogP contribution >= 0.6 is 11.3 Å². The van der Waals surface area contributed by atoms with Crippen molar-refractivity contribution in [3.8, 4) is 33.6 Å². The van der Waals surface area contributed by atoms with Gasteiger partial charge in [-0.05, 0) is 62.5 Å². The summed E-state index contributed by atoms with van der Waals surface area (Å²) in [4.78, 5) is 56.8. The molecule has 1 saturated heterocycles. The molecule has 3 amide bonds. The standard InChI is InChI=1S/C39H46N8O4S/c1-24(2)31(45-37(50)51-5)34(49)47-19-7-14-38(47,3)36-44-30(21-46(36)4)28-13-12-27(32-33(28)52-23-42-32)25-8-10-26(11-9-25)29-20-41-35(43-29)39(16-17-39)15-6-18-40-22-48/h8-13,20-24,31H,6-7,14-19H2,1-5H3,(H,40,48)(H,41,43)(H,45,50). The molecule has 52 heavy (non-hydrogen) atoms. The number of aromatic nitrogens is 5. The van der Waals surface area contributed by atoms with Gasteiger partial charge in [-0.1, -0.05) is 50.2 Å². The van der Waals surface area contributed by atoms with Crippen LogP contribution in [-0.2, 0) is 32.3 Å². The van der Waals surface area contributed by atoms with Crippen molar-refractivity contribution in [3.05, 3.63) is 66.0 Å². The van der Waals surface area contributed by atoms with Crippen LogP contribution < -0.4 is 10.6 Å². The summed E-state index contributed by atoms with van der Waals surface area (Å²) in [6, 6.07) is 12.0. The van der Waals surface area contributed by atoms with Crippen molar-refractivity contribution < 1.29 is 19.1 Å². The van der Waals surface area contributed by atoms with Crippen LogP contribution in [0.4, 0.5) is 4.79 Å². The summed E-state index contributed by atoms with van der Waals surface area (Å²) in [5.41, 5.74) is 8.25. The van der Waals surface area contributed by atoms with E-state index in [4.69, 9.17) is 19.7 Å². The molecule has 1 aliphatic heterocycles. The number of carbonyl (C=O) groups excluding carboxylic acids is 3. The van der Waals surface area contributed by atoms with Crippen molar-refractivity contribution >= 4 is 40.0 Å². The smallest absolute Gasteiger partial charge is 0.407 e. The Morgan fingerprint density at radius 2 is 1.83 bits per heavy atom. The first kappa shape index (κ1) is 35.4. The van der Waals surface area contributed by atoms with Crippen molar-refractivity contribution in [1.29, 1.82) is 0 Å². The third-order valence-corrected chi connectivity index (χ3v) is 11.8. The second kappa shape index (κ2) is 14.2. The number of thiazole rings is 1. The lowest BCUT2D eigenvalue weighted by molar-refractivity contribution is -0.138. The van der Waals surface area contributed by atoms with Crippen molar-refractivity contribution in [2.24, 2.45) is 13.0 Å². The summed E-state index contributed by atoms with van der Waals surface area (Å²) in [7, 11) is 3.28. The normalized spacial score (nSPS) is 18.5. The molecule has 3 aromatic heterocycles. The molecule has 2 atom stereocenters. The molecule has 2 aromatic carbocycles. The Morgan fingerprint density at radius 1 is 1.08 bits per heavy atom. The maximum absolute atomic E-state index is 13.9. The third kappa shape index (κ3) is 6.46. The summed E-state index contributed by atoms with van der Waals surface area (Å²) < 4.78 is 7.89. The number of ether oxygens (including phenoxy) is 1. The molecule has 0 radical (unpaired) electrons. The molecule has 272 valence electrons. The average molecular weight is 723 g/mol. The summed E-state index contributed by atoms with van der Waals surface area (Å²) in [5.74, 6) is 1.59. The van der Waals surface area contributed by atoms with E-state index in [1.54, 1.807) is 11.3 Å². The number of aromatic amines is 1. The van der Waals surface area contributed by atoms with Crippen molar-refractivity contribution in [2.45, 2.75) is 76.3 Å². The van der Waals surface area contributed by atoms with Gasteiger partial charge in [0.2, 0.25) is 12.3 Å². The van der Waals surface area contributed by atoms with Crippen LogP contribution in [0.2, 0.25) is 0 Å². The van der Waals surface area contributed by atoms with Crippen LogP contribution in [0.3, 0.4) is 0 Å². The fourth-order valence-electron chi connectivity index (χ4n) is 7.81. The number of amides is 3. The van der Waals surface area contributed by atoms with E-state index in [1.807, 2.05) is 48.3 Å². The van der Waals surface area contributed by atoms with Crippen LogP contribution in [0.25, 0.3) is 43.9 Å². The number of benzene rings is 2. The van der Waals surface area contributed by atoms with Gasteiger partial charge in [-0.15, -0.1) is 11.3 Å². The fourth-order valence-corrected chi connectivity index (χ4v) is 8.65. The lowest BCUT2D eigenvalue weighted by Crippen LogP contribution is -2.55. The molecule has 0 spiro atoms. The van der Waals surface area contributed by atoms with Gasteiger partial charge in [0.05, 0.1) is 46.0 Å².